The van der Waals surface area contributed by atoms with Crippen LogP contribution in [-0.2, 0) is 4.84 Å². The summed E-state index contributed by atoms with van der Waals surface area (Å²) in [4.78, 5) is 31.6. The molecule has 0 amide bonds. The smallest absolute Gasteiger partial charge is 0.259 e. The Balaban J connectivity index is 1.90. The average molecular weight is 363 g/mol. The first-order chi connectivity index (χ1) is 12.3. The number of pyridine rings is 1. The lowest BCUT2D eigenvalue weighted by atomic mass is 10.0. The van der Waals surface area contributed by atoms with Crippen LogP contribution in [0.1, 0.15) is 22.8 Å². The first kappa shape index (κ1) is 18.5. The van der Waals surface area contributed by atoms with E-state index in [1.54, 1.807) is 25.1 Å². The largest absolute Gasteiger partial charge is 0.393 e. The van der Waals surface area contributed by atoms with Gasteiger partial charge in [0.25, 0.3) is 5.56 Å². The molecular formula is C17H21N3O6. The van der Waals surface area contributed by atoms with Gasteiger partial charge in [0.2, 0.25) is 0 Å². The Morgan fingerprint density at radius 3 is 2.69 bits per heavy atom. The van der Waals surface area contributed by atoms with Gasteiger partial charge in [-0.05, 0) is 31.5 Å². The third-order valence-corrected chi connectivity index (χ3v) is 4.55. The van der Waals surface area contributed by atoms with Gasteiger partial charge in [0.15, 0.2) is 5.78 Å². The molecule has 140 valence electrons. The second-order valence-corrected chi connectivity index (χ2v) is 6.33. The third-order valence-electron chi connectivity index (χ3n) is 4.55. The van der Waals surface area contributed by atoms with E-state index < -0.39 is 36.6 Å². The highest BCUT2D eigenvalue weighted by Crippen LogP contribution is 2.23. The predicted octanol–water partition coefficient (Wildman–Crippen LogP) is -0.605. The lowest BCUT2D eigenvalue weighted by Crippen LogP contribution is -2.62. The molecule has 0 aliphatic carbocycles. The molecule has 9 heteroatoms. The van der Waals surface area contributed by atoms with Crippen LogP contribution < -0.4 is 16.4 Å². The summed E-state index contributed by atoms with van der Waals surface area (Å²) in [6.45, 7) is 2.63. The van der Waals surface area contributed by atoms with Crippen LogP contribution in [-0.4, -0.2) is 57.2 Å². The van der Waals surface area contributed by atoms with Gasteiger partial charge < -0.3 is 25.6 Å². The molecule has 0 radical (unpaired) electrons. The fraction of sp³-hybridized carbons (Fsp3) is 0.412. The van der Waals surface area contributed by atoms with Gasteiger partial charge >= 0.3 is 0 Å². The number of H-pyrrole nitrogens is 1. The number of hydrogen-bond donors (Lipinski definition) is 6. The number of Topliss-reactive ketones (excluding diaryl/α,β-unsaturated/α-hetero) is 1. The van der Waals surface area contributed by atoms with Crippen LogP contribution in [0.15, 0.2) is 23.0 Å². The minimum atomic E-state index is -1.26. The van der Waals surface area contributed by atoms with Crippen LogP contribution >= 0.6 is 0 Å². The van der Waals surface area contributed by atoms with Crippen LogP contribution in [0, 0.1) is 6.92 Å². The molecular weight excluding hydrogens is 342 g/mol. The minimum Gasteiger partial charge on any atom is -0.393 e. The molecule has 3 unspecified atom stereocenters. The Kier molecular flexibility index (Phi) is 5.08. The van der Waals surface area contributed by atoms with Gasteiger partial charge in [-0.15, -0.1) is 0 Å². The molecule has 26 heavy (non-hydrogen) atoms. The number of aliphatic hydroxyl groups is 3. The Labute approximate surface area is 148 Å². The fourth-order valence-corrected chi connectivity index (χ4v) is 3.14. The van der Waals surface area contributed by atoms with Crippen molar-refractivity contribution in [1.29, 1.82) is 0 Å². The number of aliphatic hydroxyl groups excluding tert-OH is 3. The number of hydrogen-bond acceptors (Lipinski definition) is 8. The number of nitrogens with one attached hydrogen (secondary N) is 3. The standard InChI is InChI=1S/C17H21N3O6/c1-7-10-4-3-9(5-11(10)19-17(25)13(7)8(2)22)18-16-15(24)14(23)12(6-21)26-20-16/h3-5,12,14-16,18,20-21,23-24H,6H2,1-2H3,(H,19,25)/t12?,14-,15?,16?/m1/s1. The van der Waals surface area contributed by atoms with Gasteiger partial charge in [0.1, 0.15) is 24.5 Å². The van der Waals surface area contributed by atoms with Crippen molar-refractivity contribution < 1.29 is 25.0 Å². The first-order valence-corrected chi connectivity index (χ1v) is 8.15. The summed E-state index contributed by atoms with van der Waals surface area (Å²) in [5.41, 5.74) is 3.90. The lowest BCUT2D eigenvalue weighted by molar-refractivity contribution is -0.197. The van der Waals surface area contributed by atoms with E-state index in [4.69, 9.17) is 9.94 Å². The maximum Gasteiger partial charge on any atom is 0.259 e. The third kappa shape index (κ3) is 3.22. The number of aryl methyl sites for hydroxylation is 1. The van der Waals surface area contributed by atoms with E-state index in [0.717, 1.165) is 5.39 Å². The Morgan fingerprint density at radius 2 is 2.04 bits per heavy atom. The summed E-state index contributed by atoms with van der Waals surface area (Å²) in [5.74, 6) is -0.299. The highest BCUT2D eigenvalue weighted by molar-refractivity contribution is 6.00. The maximum absolute atomic E-state index is 12.1. The molecule has 2 heterocycles. The Hall–Kier alpha value is -2.30. The minimum absolute atomic E-state index is 0.133. The number of aromatic amines is 1. The molecule has 1 aromatic carbocycles. The highest BCUT2D eigenvalue weighted by Gasteiger charge is 2.38. The molecule has 1 aliphatic heterocycles. The normalized spacial score (nSPS) is 26.0. The zero-order valence-corrected chi connectivity index (χ0v) is 14.3. The van der Waals surface area contributed by atoms with Gasteiger partial charge in [-0.1, -0.05) is 6.07 Å². The molecule has 3 rings (SSSR count). The quantitative estimate of drug-likeness (QED) is 0.395. The summed E-state index contributed by atoms with van der Waals surface area (Å²) in [5, 5.41) is 32.8. The van der Waals surface area contributed by atoms with E-state index in [9.17, 15) is 19.8 Å². The van der Waals surface area contributed by atoms with Crippen LogP contribution in [0.3, 0.4) is 0 Å². The molecule has 1 aliphatic rings. The number of anilines is 1. The van der Waals surface area contributed by atoms with Crippen molar-refractivity contribution >= 4 is 22.4 Å². The van der Waals surface area contributed by atoms with E-state index in [0.29, 0.717) is 16.8 Å². The molecule has 4 atom stereocenters. The molecule has 1 saturated heterocycles. The second-order valence-electron chi connectivity index (χ2n) is 6.33. The van der Waals surface area contributed by atoms with E-state index >= 15 is 0 Å². The van der Waals surface area contributed by atoms with E-state index in [2.05, 4.69) is 15.8 Å². The van der Waals surface area contributed by atoms with E-state index in [1.807, 2.05) is 0 Å². The SMILES string of the molecule is CC(=O)c1c(C)c2ccc(NC3NOC(CO)[C@@H](O)C3O)cc2[nH]c1=O. The fourth-order valence-electron chi connectivity index (χ4n) is 3.14. The predicted molar refractivity (Wildman–Crippen MR) is 93.8 cm³/mol. The molecule has 1 fully saturated rings. The monoisotopic (exact) mass is 363 g/mol. The molecule has 6 N–H and O–H groups in total. The number of rotatable bonds is 4. The van der Waals surface area contributed by atoms with Gasteiger partial charge in [-0.3, -0.25) is 14.4 Å². The van der Waals surface area contributed by atoms with Crippen LogP contribution in [0.5, 0.6) is 0 Å². The van der Waals surface area contributed by atoms with Crippen LogP contribution in [0.4, 0.5) is 5.69 Å². The summed E-state index contributed by atoms with van der Waals surface area (Å²) in [6.07, 6.45) is -4.24. The van der Waals surface area contributed by atoms with Gasteiger partial charge in [-0.2, -0.15) is 5.48 Å². The molecule has 0 bridgehead atoms. The number of fused-ring (bicyclic) bond motifs is 1. The Bertz CT molecular complexity index is 896. The van der Waals surface area contributed by atoms with Gasteiger partial charge in [-0.25, -0.2) is 0 Å². The topological polar surface area (TPSA) is 144 Å². The number of ketones is 1. The summed E-state index contributed by atoms with van der Waals surface area (Å²) in [6, 6.07) is 5.13. The van der Waals surface area contributed by atoms with Crippen molar-refractivity contribution in [3.63, 3.8) is 0 Å². The number of carbonyl (C=O) groups is 1. The van der Waals surface area contributed by atoms with Crippen molar-refractivity contribution in [2.45, 2.75) is 38.3 Å². The lowest BCUT2D eigenvalue weighted by Gasteiger charge is -2.37. The summed E-state index contributed by atoms with van der Waals surface area (Å²) < 4.78 is 0. The van der Waals surface area contributed by atoms with E-state index in [1.165, 1.54) is 6.92 Å². The number of hydroxylamine groups is 1. The van der Waals surface area contributed by atoms with Crippen molar-refractivity contribution in [2.24, 2.45) is 0 Å². The van der Waals surface area contributed by atoms with Crippen molar-refractivity contribution in [3.8, 4) is 0 Å². The summed E-state index contributed by atoms with van der Waals surface area (Å²) >= 11 is 0. The van der Waals surface area contributed by atoms with E-state index in [-0.39, 0.29) is 11.3 Å². The Morgan fingerprint density at radius 1 is 1.31 bits per heavy atom. The second kappa shape index (κ2) is 7.14. The van der Waals surface area contributed by atoms with Crippen molar-refractivity contribution in [2.75, 3.05) is 11.9 Å². The average Bonchev–Trinajstić information content (AvgIpc) is 2.58. The first-order valence-electron chi connectivity index (χ1n) is 8.15. The molecule has 0 saturated carbocycles. The number of aromatic nitrogens is 1. The van der Waals surface area contributed by atoms with Crippen molar-refractivity contribution in [1.82, 2.24) is 10.5 Å². The van der Waals surface area contributed by atoms with Gasteiger partial charge in [0, 0.05) is 11.1 Å². The van der Waals surface area contributed by atoms with Crippen molar-refractivity contribution in [3.05, 3.63) is 39.7 Å². The van der Waals surface area contributed by atoms with Crippen LogP contribution in [0.2, 0.25) is 0 Å². The molecule has 0 spiro atoms. The zero-order chi connectivity index (χ0) is 19.0. The molecule has 2 aromatic rings. The number of carbonyl (C=O) groups excluding carboxylic acids is 1. The number of benzene rings is 1. The summed E-state index contributed by atoms with van der Waals surface area (Å²) in [7, 11) is 0. The molecule has 9 nitrogen and oxygen atoms in total. The molecule has 1 aromatic heterocycles. The zero-order valence-electron chi connectivity index (χ0n) is 14.3. The maximum atomic E-state index is 12.1. The van der Waals surface area contributed by atoms with Crippen LogP contribution in [0.25, 0.3) is 10.9 Å². The van der Waals surface area contributed by atoms with Gasteiger partial charge in [0.05, 0.1) is 17.7 Å². The highest BCUT2D eigenvalue weighted by atomic mass is 16.7.